The molecule has 6 heterocycles. The molecule has 0 bridgehead atoms. The maximum Gasteiger partial charge on any atom is 0.328 e. The molecule has 16 nitrogen and oxygen atoms in total. The number of nitrogens with zero attached hydrogens (tertiary/aromatic N) is 9. The molecule has 5 N–H and O–H groups in total. The number of hydrogen-bond donors (Lipinski definition) is 5. The molecule has 4 aromatic heterocycles. The first-order chi connectivity index (χ1) is 39.2. The lowest BCUT2D eigenvalue weighted by molar-refractivity contribution is -0.131. The Morgan fingerprint density at radius 3 is 1.57 bits per heavy atom. The zero-order valence-electron chi connectivity index (χ0n) is 47.2. The monoisotopic (exact) mass is 1130 g/mol. The van der Waals surface area contributed by atoms with Gasteiger partial charge < -0.3 is 40.4 Å². The van der Waals surface area contributed by atoms with Crippen LogP contribution < -0.4 is 15.5 Å². The lowest BCUT2D eigenvalue weighted by Gasteiger charge is -2.32. The topological polar surface area (TPSA) is 178 Å². The molecule has 2 fully saturated rings. The van der Waals surface area contributed by atoms with Crippen LogP contribution in [0.25, 0.3) is 44.3 Å². The minimum Gasteiger partial charge on any atom is -0.478 e. The summed E-state index contributed by atoms with van der Waals surface area (Å²) in [7, 11) is 9.54. The summed E-state index contributed by atoms with van der Waals surface area (Å²) in [5, 5.41) is 18.5. The lowest BCUT2D eigenvalue weighted by Crippen LogP contribution is -2.39. The van der Waals surface area contributed by atoms with E-state index in [1.165, 1.54) is 16.7 Å². The largest absolute Gasteiger partial charge is 0.478 e. The van der Waals surface area contributed by atoms with E-state index in [1.807, 2.05) is 106 Å². The number of carbonyl (C=O) groups excluding carboxylic acids is 1. The molecule has 0 atom stereocenters. The highest BCUT2D eigenvalue weighted by atomic mass is 35.5. The maximum absolute atomic E-state index is 12.6. The van der Waals surface area contributed by atoms with Crippen LogP contribution in [0.15, 0.2) is 146 Å². The van der Waals surface area contributed by atoms with Gasteiger partial charge in [0.1, 0.15) is 0 Å². The molecule has 10 rings (SSSR count). The van der Waals surface area contributed by atoms with Crippen molar-refractivity contribution in [3.63, 3.8) is 0 Å². The van der Waals surface area contributed by atoms with Gasteiger partial charge in [0, 0.05) is 135 Å². The fourth-order valence-electron chi connectivity index (χ4n) is 9.92. The molecule has 8 aromatic rings. The number of carbonyl (C=O) groups is 2. The molecule has 424 valence electrons. The fourth-order valence-corrected chi connectivity index (χ4v) is 10.3. The summed E-state index contributed by atoms with van der Waals surface area (Å²) in [6.07, 6.45) is 18.8. The van der Waals surface area contributed by atoms with Gasteiger partial charge in [0.15, 0.2) is 0 Å². The molecular formula is C63H75Cl2N13O3. The van der Waals surface area contributed by atoms with Crippen molar-refractivity contribution in [3.8, 4) is 22.5 Å². The number of likely N-dealkylation sites (N-methyl/N-ethyl adjacent to an activating group) is 3. The molecule has 0 aliphatic carbocycles. The summed E-state index contributed by atoms with van der Waals surface area (Å²) < 4.78 is 0. The second-order valence-electron chi connectivity index (χ2n) is 21.1. The highest BCUT2D eigenvalue weighted by molar-refractivity contribution is 6.33. The molecule has 0 radical (unpaired) electrons. The van der Waals surface area contributed by atoms with Gasteiger partial charge in [-0.3, -0.25) is 14.6 Å². The minimum atomic E-state index is -0.892. The van der Waals surface area contributed by atoms with Gasteiger partial charge in [0.05, 0.1) is 33.8 Å². The van der Waals surface area contributed by atoms with Crippen LogP contribution in [0.4, 0.5) is 17.6 Å². The van der Waals surface area contributed by atoms with Gasteiger partial charge in [-0.05, 0) is 101 Å². The predicted molar refractivity (Wildman–Crippen MR) is 331 cm³/mol. The van der Waals surface area contributed by atoms with Crippen LogP contribution in [0.3, 0.4) is 0 Å². The van der Waals surface area contributed by atoms with Crippen molar-refractivity contribution < 1.29 is 14.7 Å². The molecular weight excluding hydrogens is 1060 g/mol. The number of H-pyrrole nitrogens is 2. The number of amides is 1. The summed E-state index contributed by atoms with van der Waals surface area (Å²) in [5.41, 5.74) is 10.5. The maximum atomic E-state index is 12.6. The Bertz CT molecular complexity index is 3400. The van der Waals surface area contributed by atoms with Gasteiger partial charge >= 0.3 is 5.97 Å². The Hall–Kier alpha value is -7.44. The number of aromatic amines is 2. The molecule has 0 saturated carbocycles. The first-order valence-electron chi connectivity index (χ1n) is 27.6. The van der Waals surface area contributed by atoms with E-state index in [9.17, 15) is 9.59 Å². The average molecular weight is 1130 g/mol. The summed E-state index contributed by atoms with van der Waals surface area (Å²) in [4.78, 5) is 58.1. The Balaban J connectivity index is 0.000000188. The lowest BCUT2D eigenvalue weighted by atomic mass is 10.0. The Morgan fingerprint density at radius 1 is 0.630 bits per heavy atom. The molecule has 2 aliphatic heterocycles. The second-order valence-corrected chi connectivity index (χ2v) is 21.9. The molecule has 4 aromatic carbocycles. The molecule has 0 spiro atoms. The number of benzene rings is 4. The van der Waals surface area contributed by atoms with E-state index in [0.717, 1.165) is 134 Å². The number of para-hydroxylation sites is 2. The number of carboxylic acids is 1. The summed E-state index contributed by atoms with van der Waals surface area (Å²) >= 11 is 13.0. The van der Waals surface area contributed by atoms with Crippen molar-refractivity contribution in [1.29, 1.82) is 0 Å². The van der Waals surface area contributed by atoms with E-state index in [1.54, 1.807) is 29.4 Å². The number of carboxylic acid groups (broad SMARTS) is 1. The van der Waals surface area contributed by atoms with Crippen molar-refractivity contribution in [2.24, 2.45) is 0 Å². The first-order valence-corrected chi connectivity index (χ1v) is 28.4. The minimum absolute atomic E-state index is 0.0249. The highest BCUT2D eigenvalue weighted by Gasteiger charge is 2.23. The summed E-state index contributed by atoms with van der Waals surface area (Å²) in [6.45, 7) is 9.54. The van der Waals surface area contributed by atoms with E-state index in [0.29, 0.717) is 34.5 Å². The van der Waals surface area contributed by atoms with Crippen LogP contribution >= 0.6 is 23.2 Å². The molecule has 0 unspecified atom stereocenters. The standard InChI is InChI=1S/C31H36ClN7O.C26H28ClN5.C6H11NO2/c1-37(2)15-7-12-29(40)38(3)24-9-6-8-22(18-24)21-39-16-13-23(14-17-39)35-31-34-20-27(32)30(36-31)26-19-33-28-11-5-4-10-25(26)28;1-2-18-6-5-7-19(14-18)17-32-12-10-20(11-13-32)30-26-29-16-23(27)25(31-26)22-15-28-24-9-4-3-8-21(22)24;1-7(2)5-3-4-6(8)9/h4-12,18-20,23,33H,13-17,21H2,1-3H3,(H,34,35,36);3-9,14-16,20,28H,2,10-13,17H2,1H3,(H,29,30,31);3-4H,5H2,1-2H3,(H,8,9)/b12-7+;;4-3+. The number of aliphatic carboxylic acids is 1. The van der Waals surface area contributed by atoms with E-state index < -0.39 is 5.97 Å². The third-order valence-corrected chi connectivity index (χ3v) is 14.9. The van der Waals surface area contributed by atoms with Gasteiger partial charge in [-0.25, -0.2) is 24.7 Å². The summed E-state index contributed by atoms with van der Waals surface area (Å²) in [6, 6.07) is 34.1. The molecule has 1 amide bonds. The average Bonchev–Trinajstić information content (AvgIpc) is 4.18. The Kier molecular flexibility index (Phi) is 21.6. The predicted octanol–water partition coefficient (Wildman–Crippen LogP) is 11.5. The van der Waals surface area contributed by atoms with Gasteiger partial charge in [-0.1, -0.05) is 115 Å². The number of halogens is 2. The zero-order chi connectivity index (χ0) is 57.3. The summed E-state index contributed by atoms with van der Waals surface area (Å²) in [5.74, 6) is 0.326. The number of aromatic nitrogens is 6. The number of rotatable bonds is 18. The van der Waals surface area contributed by atoms with Crippen molar-refractivity contribution in [3.05, 3.63) is 173 Å². The van der Waals surface area contributed by atoms with Crippen molar-refractivity contribution >= 4 is 74.5 Å². The molecule has 2 saturated heterocycles. The van der Waals surface area contributed by atoms with Crippen molar-refractivity contribution in [1.82, 2.24) is 49.5 Å². The first kappa shape index (κ1) is 59.7. The van der Waals surface area contributed by atoms with Gasteiger partial charge in [0.2, 0.25) is 17.8 Å². The van der Waals surface area contributed by atoms with Crippen LogP contribution in [0.2, 0.25) is 10.0 Å². The van der Waals surface area contributed by atoms with Crippen molar-refractivity contribution in [2.45, 2.75) is 64.2 Å². The quantitative estimate of drug-likeness (QED) is 0.0513. The fraction of sp³-hybridized carbons (Fsp3) is 0.333. The SMILES string of the molecule is CCc1cccc(CN2CCC(Nc3ncc(Cl)c(-c4c[nH]c5ccccc45)n3)CC2)c1.CN(C)C/C=C/C(=O)N(C)c1cccc(CN2CCC(Nc3ncc(Cl)c(-c4c[nH]c5ccccc45)n3)CC2)c1.CN(C)C/C=C/C(=O)O. The van der Waals surface area contributed by atoms with E-state index in [2.05, 4.69) is 102 Å². The number of anilines is 3. The number of likely N-dealkylation sites (tertiary alicyclic amines) is 2. The van der Waals surface area contributed by atoms with Crippen molar-refractivity contribution in [2.75, 3.05) is 90.0 Å². The zero-order valence-corrected chi connectivity index (χ0v) is 48.8. The highest BCUT2D eigenvalue weighted by Crippen LogP contribution is 2.34. The number of fused-ring (bicyclic) bond motifs is 2. The van der Waals surface area contributed by atoms with Gasteiger partial charge in [-0.15, -0.1) is 0 Å². The van der Waals surface area contributed by atoms with Crippen LogP contribution in [0.1, 0.15) is 49.3 Å². The van der Waals surface area contributed by atoms with E-state index in [4.69, 9.17) is 38.3 Å². The second kappa shape index (κ2) is 29.3. The molecule has 81 heavy (non-hydrogen) atoms. The van der Waals surface area contributed by atoms with Crippen LogP contribution in [0, 0.1) is 0 Å². The number of piperidine rings is 2. The number of aryl methyl sites for hydroxylation is 1. The number of nitrogens with one attached hydrogen (secondary N) is 4. The third-order valence-electron chi connectivity index (χ3n) is 14.3. The number of hydrogen-bond acceptors (Lipinski definition) is 12. The molecule has 2 aliphatic rings. The Labute approximate surface area is 485 Å². The normalized spacial score (nSPS) is 14.6. The van der Waals surface area contributed by atoms with Crippen LogP contribution in [-0.2, 0) is 29.1 Å². The van der Waals surface area contributed by atoms with Gasteiger partial charge in [-0.2, -0.15) is 0 Å². The smallest absolute Gasteiger partial charge is 0.328 e. The molecule has 18 heteroatoms. The van der Waals surface area contributed by atoms with E-state index >= 15 is 0 Å². The van der Waals surface area contributed by atoms with Gasteiger partial charge in [0.25, 0.3) is 0 Å². The van der Waals surface area contributed by atoms with Crippen LogP contribution in [0.5, 0.6) is 0 Å². The van der Waals surface area contributed by atoms with E-state index in [-0.39, 0.29) is 11.9 Å². The Morgan fingerprint density at radius 2 is 1.09 bits per heavy atom. The van der Waals surface area contributed by atoms with Crippen LogP contribution in [-0.4, -0.2) is 153 Å². The third kappa shape index (κ3) is 17.3.